The summed E-state index contributed by atoms with van der Waals surface area (Å²) in [5, 5.41) is 3.32. The Hall–Kier alpha value is -1.55. The molecule has 1 aliphatic heterocycles. The SMILES string of the molecule is COc1ccccc1C(=O)N(C(C)C)C1CCNC1. The van der Waals surface area contributed by atoms with Gasteiger partial charge in [0.15, 0.2) is 0 Å². The van der Waals surface area contributed by atoms with Crippen molar-refractivity contribution in [3.8, 4) is 5.75 Å². The van der Waals surface area contributed by atoms with E-state index in [9.17, 15) is 4.79 Å². The van der Waals surface area contributed by atoms with E-state index in [1.165, 1.54) is 0 Å². The summed E-state index contributed by atoms with van der Waals surface area (Å²) in [4.78, 5) is 14.7. The average molecular weight is 262 g/mol. The number of hydrogen-bond acceptors (Lipinski definition) is 3. The smallest absolute Gasteiger partial charge is 0.258 e. The van der Waals surface area contributed by atoms with Gasteiger partial charge in [0, 0.05) is 18.6 Å². The molecule has 1 atom stereocenters. The fourth-order valence-corrected chi connectivity index (χ4v) is 2.66. The van der Waals surface area contributed by atoms with E-state index in [1.54, 1.807) is 7.11 Å². The van der Waals surface area contributed by atoms with Crippen LogP contribution in [0.2, 0.25) is 0 Å². The molecular formula is C15H22N2O2. The molecule has 2 rings (SSSR count). The Bertz CT molecular complexity index is 440. The third-order valence-electron chi connectivity index (χ3n) is 3.56. The van der Waals surface area contributed by atoms with Gasteiger partial charge in [-0.05, 0) is 38.9 Å². The van der Waals surface area contributed by atoms with Crippen molar-refractivity contribution in [3.63, 3.8) is 0 Å². The lowest BCUT2D eigenvalue weighted by atomic mass is 10.1. The molecule has 1 fully saturated rings. The minimum atomic E-state index is 0.0566. The van der Waals surface area contributed by atoms with Gasteiger partial charge in [-0.3, -0.25) is 4.79 Å². The van der Waals surface area contributed by atoms with E-state index in [0.29, 0.717) is 11.3 Å². The van der Waals surface area contributed by atoms with Gasteiger partial charge < -0.3 is 15.0 Å². The number of amides is 1. The van der Waals surface area contributed by atoms with Gasteiger partial charge in [0.2, 0.25) is 0 Å². The van der Waals surface area contributed by atoms with Gasteiger partial charge in [0.05, 0.1) is 12.7 Å². The molecule has 1 saturated heterocycles. The largest absolute Gasteiger partial charge is 0.496 e. The molecule has 104 valence electrons. The molecule has 1 heterocycles. The summed E-state index contributed by atoms with van der Waals surface area (Å²) in [6.07, 6.45) is 1.01. The number of rotatable bonds is 4. The zero-order valence-electron chi connectivity index (χ0n) is 11.8. The first-order chi connectivity index (χ1) is 9.15. The van der Waals surface area contributed by atoms with Gasteiger partial charge in [-0.15, -0.1) is 0 Å². The molecule has 0 spiro atoms. The van der Waals surface area contributed by atoms with Crippen molar-refractivity contribution in [2.75, 3.05) is 20.2 Å². The molecule has 1 aliphatic rings. The number of para-hydroxylation sites is 1. The lowest BCUT2D eigenvalue weighted by Crippen LogP contribution is -2.46. The zero-order chi connectivity index (χ0) is 13.8. The van der Waals surface area contributed by atoms with E-state index < -0.39 is 0 Å². The topological polar surface area (TPSA) is 41.6 Å². The molecule has 1 aromatic carbocycles. The Morgan fingerprint density at radius 1 is 1.42 bits per heavy atom. The van der Waals surface area contributed by atoms with Crippen LogP contribution in [0.1, 0.15) is 30.6 Å². The monoisotopic (exact) mass is 262 g/mol. The third-order valence-corrected chi connectivity index (χ3v) is 3.56. The van der Waals surface area contributed by atoms with Crippen LogP contribution in [-0.4, -0.2) is 43.1 Å². The number of nitrogens with zero attached hydrogens (tertiary/aromatic N) is 1. The summed E-state index contributed by atoms with van der Waals surface area (Å²) in [5.41, 5.74) is 0.644. The van der Waals surface area contributed by atoms with Gasteiger partial charge in [-0.1, -0.05) is 12.1 Å². The molecule has 19 heavy (non-hydrogen) atoms. The lowest BCUT2D eigenvalue weighted by molar-refractivity contribution is 0.0623. The van der Waals surface area contributed by atoms with Crippen LogP contribution in [-0.2, 0) is 0 Å². The Kier molecular flexibility index (Phi) is 4.43. The van der Waals surface area contributed by atoms with Crippen molar-refractivity contribution in [1.82, 2.24) is 10.2 Å². The number of carbonyl (C=O) groups excluding carboxylic acids is 1. The number of ether oxygens (including phenoxy) is 1. The molecule has 1 amide bonds. The fourth-order valence-electron chi connectivity index (χ4n) is 2.66. The van der Waals surface area contributed by atoms with Gasteiger partial charge in [0.1, 0.15) is 5.75 Å². The molecule has 0 aliphatic carbocycles. The molecular weight excluding hydrogens is 240 g/mol. The number of methoxy groups -OCH3 is 1. The maximum Gasteiger partial charge on any atom is 0.258 e. The summed E-state index contributed by atoms with van der Waals surface area (Å²) in [6.45, 7) is 5.98. The minimum absolute atomic E-state index is 0.0566. The van der Waals surface area contributed by atoms with Crippen molar-refractivity contribution in [3.05, 3.63) is 29.8 Å². The first kappa shape index (κ1) is 13.9. The summed E-state index contributed by atoms with van der Waals surface area (Å²) in [6, 6.07) is 7.88. The molecule has 1 unspecified atom stereocenters. The van der Waals surface area contributed by atoms with Gasteiger partial charge >= 0.3 is 0 Å². The lowest BCUT2D eigenvalue weighted by Gasteiger charge is -2.32. The highest BCUT2D eigenvalue weighted by Crippen LogP contribution is 2.23. The van der Waals surface area contributed by atoms with E-state index in [4.69, 9.17) is 4.74 Å². The highest BCUT2D eigenvalue weighted by atomic mass is 16.5. The number of benzene rings is 1. The molecule has 0 bridgehead atoms. The number of nitrogens with one attached hydrogen (secondary N) is 1. The molecule has 1 aromatic rings. The summed E-state index contributed by atoms with van der Waals surface area (Å²) in [5.74, 6) is 0.699. The minimum Gasteiger partial charge on any atom is -0.496 e. The van der Waals surface area contributed by atoms with Crippen LogP contribution in [0, 0.1) is 0 Å². The predicted octanol–water partition coefficient (Wildman–Crippen LogP) is 1.91. The highest BCUT2D eigenvalue weighted by molar-refractivity contribution is 5.97. The van der Waals surface area contributed by atoms with E-state index in [0.717, 1.165) is 19.5 Å². The van der Waals surface area contributed by atoms with Crippen LogP contribution in [0.5, 0.6) is 5.75 Å². The fraction of sp³-hybridized carbons (Fsp3) is 0.533. The Morgan fingerprint density at radius 3 is 2.74 bits per heavy atom. The second kappa shape index (κ2) is 6.06. The van der Waals surface area contributed by atoms with Crippen LogP contribution in [0.15, 0.2) is 24.3 Å². The molecule has 4 nitrogen and oxygen atoms in total. The van der Waals surface area contributed by atoms with Gasteiger partial charge in [-0.25, -0.2) is 0 Å². The van der Waals surface area contributed by atoms with Crippen molar-refractivity contribution < 1.29 is 9.53 Å². The van der Waals surface area contributed by atoms with Crippen LogP contribution < -0.4 is 10.1 Å². The highest BCUT2D eigenvalue weighted by Gasteiger charge is 2.30. The summed E-state index contributed by atoms with van der Waals surface area (Å²) < 4.78 is 5.30. The molecule has 4 heteroatoms. The Labute approximate surface area is 114 Å². The Morgan fingerprint density at radius 2 is 2.16 bits per heavy atom. The second-order valence-electron chi connectivity index (χ2n) is 5.15. The maximum absolute atomic E-state index is 12.8. The molecule has 0 saturated carbocycles. The van der Waals surface area contributed by atoms with Crippen LogP contribution in [0.3, 0.4) is 0 Å². The molecule has 0 radical (unpaired) electrons. The molecule has 0 aromatic heterocycles. The third kappa shape index (κ3) is 2.89. The first-order valence-corrected chi connectivity index (χ1v) is 6.81. The standard InChI is InChI=1S/C15H22N2O2/c1-11(2)17(12-8-9-16-10-12)15(18)13-6-4-5-7-14(13)19-3/h4-7,11-12,16H,8-10H2,1-3H3. The normalized spacial score (nSPS) is 18.6. The van der Waals surface area contributed by atoms with Crippen molar-refractivity contribution >= 4 is 5.91 Å². The van der Waals surface area contributed by atoms with Crippen molar-refractivity contribution in [1.29, 1.82) is 0 Å². The van der Waals surface area contributed by atoms with Crippen LogP contribution in [0.25, 0.3) is 0 Å². The summed E-state index contributed by atoms with van der Waals surface area (Å²) in [7, 11) is 1.60. The second-order valence-corrected chi connectivity index (χ2v) is 5.15. The maximum atomic E-state index is 12.8. The van der Waals surface area contributed by atoms with Gasteiger partial charge in [0.25, 0.3) is 5.91 Å². The van der Waals surface area contributed by atoms with Crippen molar-refractivity contribution in [2.45, 2.75) is 32.4 Å². The van der Waals surface area contributed by atoms with Gasteiger partial charge in [-0.2, -0.15) is 0 Å². The van der Waals surface area contributed by atoms with E-state index in [1.807, 2.05) is 29.2 Å². The molecule has 1 N–H and O–H groups in total. The zero-order valence-corrected chi connectivity index (χ0v) is 11.8. The number of carbonyl (C=O) groups is 1. The number of hydrogen-bond donors (Lipinski definition) is 1. The van der Waals surface area contributed by atoms with E-state index in [2.05, 4.69) is 19.2 Å². The quantitative estimate of drug-likeness (QED) is 0.901. The first-order valence-electron chi connectivity index (χ1n) is 6.81. The predicted molar refractivity (Wildman–Crippen MR) is 75.6 cm³/mol. The van der Waals surface area contributed by atoms with Crippen LogP contribution in [0.4, 0.5) is 0 Å². The van der Waals surface area contributed by atoms with E-state index in [-0.39, 0.29) is 18.0 Å². The van der Waals surface area contributed by atoms with E-state index >= 15 is 0 Å². The average Bonchev–Trinajstić information content (AvgIpc) is 2.92. The summed E-state index contributed by atoms with van der Waals surface area (Å²) >= 11 is 0. The van der Waals surface area contributed by atoms with Crippen LogP contribution >= 0.6 is 0 Å². The Balaban J connectivity index is 2.28. The van der Waals surface area contributed by atoms with Crippen molar-refractivity contribution in [2.24, 2.45) is 0 Å².